The number of aryl methyl sites for hydroxylation is 1. The molecular weight excluding hydrogens is 250 g/mol. The van der Waals surface area contributed by atoms with Crippen molar-refractivity contribution < 1.29 is 8.42 Å². The smallest absolute Gasteiger partial charge is 0.259 e. The Morgan fingerprint density at radius 1 is 1.50 bits per heavy atom. The van der Waals surface area contributed by atoms with Crippen molar-refractivity contribution in [3.05, 3.63) is 11.5 Å². The lowest BCUT2D eigenvalue weighted by Crippen LogP contribution is -2.23. The number of aromatic nitrogens is 2. The van der Waals surface area contributed by atoms with Crippen LogP contribution in [-0.2, 0) is 23.0 Å². The molecule has 0 aromatic carbocycles. The molecule has 1 unspecified atom stereocenters. The number of imidazole rings is 1. The quantitative estimate of drug-likeness (QED) is 0.905. The van der Waals surface area contributed by atoms with Gasteiger partial charge < -0.3 is 4.57 Å². The molecule has 2 rings (SSSR count). The van der Waals surface area contributed by atoms with Gasteiger partial charge in [-0.2, -0.15) is 0 Å². The molecule has 0 aliphatic carbocycles. The van der Waals surface area contributed by atoms with Gasteiger partial charge in [-0.25, -0.2) is 18.1 Å². The molecule has 102 valence electrons. The van der Waals surface area contributed by atoms with E-state index < -0.39 is 10.0 Å². The van der Waals surface area contributed by atoms with E-state index in [1.54, 1.807) is 0 Å². The van der Waals surface area contributed by atoms with Crippen LogP contribution in [0.3, 0.4) is 0 Å². The third-order valence-electron chi connectivity index (χ3n) is 3.53. The van der Waals surface area contributed by atoms with Crippen LogP contribution >= 0.6 is 0 Å². The van der Waals surface area contributed by atoms with Crippen molar-refractivity contribution >= 4 is 10.0 Å². The molecule has 0 amide bonds. The van der Waals surface area contributed by atoms with Crippen LogP contribution in [0.25, 0.3) is 0 Å². The van der Waals surface area contributed by atoms with Crippen molar-refractivity contribution in [2.24, 2.45) is 0 Å². The van der Waals surface area contributed by atoms with Crippen molar-refractivity contribution in [2.75, 3.05) is 7.05 Å². The monoisotopic (exact) mass is 271 g/mol. The Kier molecular flexibility index (Phi) is 3.77. The van der Waals surface area contributed by atoms with E-state index in [1.165, 1.54) is 7.05 Å². The minimum Gasteiger partial charge on any atom is -0.330 e. The molecule has 1 aromatic heterocycles. The molecule has 2 heterocycles. The molecule has 1 aromatic rings. The van der Waals surface area contributed by atoms with E-state index in [0.29, 0.717) is 0 Å². The van der Waals surface area contributed by atoms with Crippen molar-refractivity contribution in [3.8, 4) is 0 Å². The SMILES string of the molecule is CCCc1nc(S(=O)(=O)NC)c2n1CCCC2C. The zero-order valence-electron chi connectivity index (χ0n) is 11.2. The molecule has 0 bridgehead atoms. The summed E-state index contributed by atoms with van der Waals surface area (Å²) in [6.45, 7) is 5.05. The van der Waals surface area contributed by atoms with Gasteiger partial charge in [-0.3, -0.25) is 0 Å². The molecule has 0 saturated heterocycles. The van der Waals surface area contributed by atoms with E-state index in [4.69, 9.17) is 0 Å². The Morgan fingerprint density at radius 2 is 2.22 bits per heavy atom. The van der Waals surface area contributed by atoms with Crippen molar-refractivity contribution in [3.63, 3.8) is 0 Å². The first kappa shape index (κ1) is 13.5. The Hall–Kier alpha value is -0.880. The molecule has 0 spiro atoms. The highest BCUT2D eigenvalue weighted by Crippen LogP contribution is 2.33. The lowest BCUT2D eigenvalue weighted by Gasteiger charge is -2.23. The maximum absolute atomic E-state index is 12.0. The first-order valence-electron chi connectivity index (χ1n) is 6.54. The summed E-state index contributed by atoms with van der Waals surface area (Å²) in [5, 5.41) is 0.237. The number of nitrogens with zero attached hydrogens (tertiary/aromatic N) is 2. The van der Waals surface area contributed by atoms with Crippen LogP contribution in [0.1, 0.15) is 50.5 Å². The van der Waals surface area contributed by atoms with Crippen LogP contribution in [0.15, 0.2) is 5.03 Å². The summed E-state index contributed by atoms with van der Waals surface area (Å²) in [5.41, 5.74) is 0.888. The number of sulfonamides is 1. The summed E-state index contributed by atoms with van der Waals surface area (Å²) in [5.74, 6) is 1.17. The van der Waals surface area contributed by atoms with Crippen LogP contribution in [0, 0.1) is 0 Å². The molecule has 18 heavy (non-hydrogen) atoms. The summed E-state index contributed by atoms with van der Waals surface area (Å²) >= 11 is 0. The molecule has 1 atom stereocenters. The minimum atomic E-state index is -3.45. The van der Waals surface area contributed by atoms with Gasteiger partial charge >= 0.3 is 0 Å². The molecule has 1 aliphatic heterocycles. The maximum Gasteiger partial charge on any atom is 0.259 e. The summed E-state index contributed by atoms with van der Waals surface area (Å²) in [7, 11) is -2.01. The van der Waals surface area contributed by atoms with Gasteiger partial charge in [0.15, 0.2) is 5.03 Å². The molecule has 1 aliphatic rings. The summed E-state index contributed by atoms with van der Waals surface area (Å²) in [6.07, 6.45) is 3.94. The second kappa shape index (κ2) is 5.01. The molecule has 0 fully saturated rings. The van der Waals surface area contributed by atoms with Crippen LogP contribution < -0.4 is 4.72 Å². The van der Waals surface area contributed by atoms with Crippen molar-refractivity contribution in [1.29, 1.82) is 0 Å². The second-order valence-electron chi connectivity index (χ2n) is 4.87. The Bertz CT molecular complexity index is 534. The van der Waals surface area contributed by atoms with Gasteiger partial charge in [0.25, 0.3) is 10.0 Å². The zero-order valence-corrected chi connectivity index (χ0v) is 12.0. The van der Waals surface area contributed by atoms with E-state index in [-0.39, 0.29) is 10.9 Å². The van der Waals surface area contributed by atoms with E-state index in [2.05, 4.69) is 28.1 Å². The normalized spacial score (nSPS) is 19.8. The van der Waals surface area contributed by atoms with Crippen molar-refractivity contribution in [2.45, 2.75) is 57.0 Å². The van der Waals surface area contributed by atoms with Crippen LogP contribution in [0.2, 0.25) is 0 Å². The third kappa shape index (κ3) is 2.19. The summed E-state index contributed by atoms with van der Waals surface area (Å²) in [6, 6.07) is 0. The maximum atomic E-state index is 12.0. The van der Waals surface area contributed by atoms with Crippen LogP contribution in [0.4, 0.5) is 0 Å². The van der Waals surface area contributed by atoms with E-state index >= 15 is 0 Å². The van der Waals surface area contributed by atoms with Gasteiger partial charge in [0.05, 0.1) is 5.69 Å². The van der Waals surface area contributed by atoms with Gasteiger partial charge in [-0.05, 0) is 32.2 Å². The lowest BCUT2D eigenvalue weighted by atomic mass is 9.98. The highest BCUT2D eigenvalue weighted by molar-refractivity contribution is 7.89. The Morgan fingerprint density at radius 3 is 2.83 bits per heavy atom. The fourth-order valence-corrected chi connectivity index (χ4v) is 3.62. The van der Waals surface area contributed by atoms with Crippen LogP contribution in [-0.4, -0.2) is 25.0 Å². The highest BCUT2D eigenvalue weighted by Gasteiger charge is 2.30. The van der Waals surface area contributed by atoms with E-state index in [9.17, 15) is 8.42 Å². The van der Waals surface area contributed by atoms with Gasteiger partial charge in [0.2, 0.25) is 0 Å². The average Bonchev–Trinajstić information content (AvgIpc) is 2.71. The fourth-order valence-electron chi connectivity index (χ4n) is 2.62. The molecule has 1 N–H and O–H groups in total. The first-order chi connectivity index (χ1) is 8.51. The van der Waals surface area contributed by atoms with Crippen molar-refractivity contribution in [1.82, 2.24) is 14.3 Å². The second-order valence-corrected chi connectivity index (χ2v) is 6.67. The Balaban J connectivity index is 2.60. The lowest BCUT2D eigenvalue weighted by molar-refractivity contribution is 0.455. The Labute approximate surface area is 109 Å². The first-order valence-corrected chi connectivity index (χ1v) is 8.02. The van der Waals surface area contributed by atoms with E-state index in [1.807, 2.05) is 0 Å². The van der Waals surface area contributed by atoms with Gasteiger partial charge in [0.1, 0.15) is 5.82 Å². The molecule has 0 radical (unpaired) electrons. The fraction of sp³-hybridized carbons (Fsp3) is 0.750. The number of rotatable bonds is 4. The number of hydrogen-bond donors (Lipinski definition) is 1. The standard InChI is InChI=1S/C12H21N3O2S/c1-4-6-10-14-12(18(16,17)13-3)11-9(2)7-5-8-15(10)11/h9,13H,4-8H2,1-3H3. The molecule has 0 saturated carbocycles. The van der Waals surface area contributed by atoms with Gasteiger partial charge in [-0.1, -0.05) is 13.8 Å². The number of hydrogen-bond acceptors (Lipinski definition) is 3. The largest absolute Gasteiger partial charge is 0.330 e. The number of nitrogens with one attached hydrogen (secondary N) is 1. The topological polar surface area (TPSA) is 64.0 Å². The number of fused-ring (bicyclic) bond motifs is 1. The summed E-state index contributed by atoms with van der Waals surface area (Å²) in [4.78, 5) is 4.39. The van der Waals surface area contributed by atoms with E-state index in [0.717, 1.165) is 43.7 Å². The summed E-state index contributed by atoms with van der Waals surface area (Å²) < 4.78 is 28.6. The van der Waals surface area contributed by atoms with Gasteiger partial charge in [0, 0.05) is 13.0 Å². The zero-order chi connectivity index (χ0) is 13.3. The predicted octanol–water partition coefficient (Wildman–Crippen LogP) is 1.64. The predicted molar refractivity (Wildman–Crippen MR) is 70.1 cm³/mol. The molecule has 6 heteroatoms. The molecule has 5 nitrogen and oxygen atoms in total. The average molecular weight is 271 g/mol. The minimum absolute atomic E-state index is 0.237. The third-order valence-corrected chi connectivity index (χ3v) is 4.88. The molecular formula is C12H21N3O2S. The highest BCUT2D eigenvalue weighted by atomic mass is 32.2. The van der Waals surface area contributed by atoms with Crippen LogP contribution in [0.5, 0.6) is 0 Å². The van der Waals surface area contributed by atoms with Gasteiger partial charge in [-0.15, -0.1) is 0 Å².